The molecule has 0 unspecified atom stereocenters. The second kappa shape index (κ2) is 5.65. The zero-order valence-corrected chi connectivity index (χ0v) is 9.65. The molecule has 0 saturated carbocycles. The van der Waals surface area contributed by atoms with Gasteiger partial charge in [-0.2, -0.15) is 0 Å². The number of ether oxygens (including phenoxy) is 1. The van der Waals surface area contributed by atoms with Crippen LogP contribution in [0, 0.1) is 0 Å². The zero-order valence-electron chi connectivity index (χ0n) is 9.65. The minimum atomic E-state index is -1.04. The van der Waals surface area contributed by atoms with Gasteiger partial charge in [0.2, 0.25) is 5.91 Å². The van der Waals surface area contributed by atoms with Gasteiger partial charge in [0.25, 0.3) is 0 Å². The Morgan fingerprint density at radius 1 is 1.12 bits per heavy atom. The molecule has 1 saturated heterocycles. The molecule has 1 aliphatic rings. The summed E-state index contributed by atoms with van der Waals surface area (Å²) in [5.41, 5.74) is 0.407. The molecule has 0 bridgehead atoms. The van der Waals surface area contributed by atoms with Gasteiger partial charge in [-0.15, -0.1) is 0 Å². The van der Waals surface area contributed by atoms with Crippen molar-refractivity contribution < 1.29 is 19.4 Å². The second-order valence-electron chi connectivity index (χ2n) is 3.81. The average Bonchev–Trinajstić information content (AvgIpc) is 2.54. The van der Waals surface area contributed by atoms with Crippen LogP contribution in [0.3, 0.4) is 0 Å². The topological polar surface area (TPSA) is 66.8 Å². The molecule has 1 rings (SSSR count). The lowest BCUT2D eigenvalue weighted by atomic mass is 10.1. The van der Waals surface area contributed by atoms with Gasteiger partial charge >= 0.3 is 5.97 Å². The van der Waals surface area contributed by atoms with E-state index in [0.29, 0.717) is 31.9 Å². The van der Waals surface area contributed by atoms with Crippen LogP contribution in [-0.2, 0) is 14.3 Å². The Kier molecular flexibility index (Phi) is 4.49. The van der Waals surface area contributed by atoms with Gasteiger partial charge in [0.15, 0.2) is 0 Å². The number of carbonyl (C=O) groups is 2. The molecule has 0 atom stereocenters. The Balaban J connectivity index is 2.76. The van der Waals surface area contributed by atoms with Crippen LogP contribution in [0.2, 0.25) is 0 Å². The molecular formula is C11H17NO4. The Hall–Kier alpha value is -1.36. The molecule has 1 amide bonds. The first kappa shape index (κ1) is 12.7. The molecule has 1 fully saturated rings. The summed E-state index contributed by atoms with van der Waals surface area (Å²) in [6, 6.07) is 0. The molecule has 0 aromatic carbocycles. The average molecular weight is 227 g/mol. The van der Waals surface area contributed by atoms with Crippen LogP contribution in [0.15, 0.2) is 11.1 Å². The number of aliphatic carboxylic acids is 1. The minimum absolute atomic E-state index is 0.107. The van der Waals surface area contributed by atoms with E-state index in [1.165, 1.54) is 6.92 Å². The molecule has 1 heterocycles. The third-order valence-corrected chi connectivity index (χ3v) is 2.71. The maximum absolute atomic E-state index is 11.9. The first-order chi connectivity index (χ1) is 7.54. The number of rotatable bonds is 2. The number of carboxylic acid groups (broad SMARTS) is 1. The van der Waals surface area contributed by atoms with E-state index in [4.69, 9.17) is 9.84 Å². The Morgan fingerprint density at radius 2 is 1.81 bits per heavy atom. The standard InChI is InChI=1S/C11H17NO4/c1-8(9(2)11(14)15)10(13)12-4-3-6-16-7-5-12/h3-7H2,1-2H3,(H,14,15). The van der Waals surface area contributed by atoms with Crippen molar-refractivity contribution in [2.24, 2.45) is 0 Å². The van der Waals surface area contributed by atoms with Gasteiger partial charge in [-0.1, -0.05) is 0 Å². The van der Waals surface area contributed by atoms with Gasteiger partial charge in [0.1, 0.15) is 0 Å². The third-order valence-electron chi connectivity index (χ3n) is 2.71. The predicted octanol–water partition coefficient (Wildman–Crippen LogP) is 0.656. The van der Waals surface area contributed by atoms with Crippen LogP contribution in [0.1, 0.15) is 20.3 Å². The number of hydrogen-bond acceptors (Lipinski definition) is 3. The Morgan fingerprint density at radius 3 is 2.44 bits per heavy atom. The number of nitrogens with zero attached hydrogens (tertiary/aromatic N) is 1. The first-order valence-electron chi connectivity index (χ1n) is 5.32. The van der Waals surface area contributed by atoms with Gasteiger partial charge in [-0.3, -0.25) is 4.79 Å². The van der Waals surface area contributed by atoms with E-state index in [1.807, 2.05) is 0 Å². The first-order valence-corrected chi connectivity index (χ1v) is 5.32. The number of carbonyl (C=O) groups excluding carboxylic acids is 1. The SMILES string of the molecule is CC(C(=O)O)=C(C)C(=O)N1CCCOCC1. The van der Waals surface area contributed by atoms with Crippen molar-refractivity contribution in [3.63, 3.8) is 0 Å². The molecule has 1 N–H and O–H groups in total. The molecule has 16 heavy (non-hydrogen) atoms. The molecule has 0 aromatic rings. The Labute approximate surface area is 94.7 Å². The minimum Gasteiger partial charge on any atom is -0.478 e. The normalized spacial score (nSPS) is 18.8. The highest BCUT2D eigenvalue weighted by Gasteiger charge is 2.20. The van der Waals surface area contributed by atoms with Gasteiger partial charge in [-0.25, -0.2) is 4.79 Å². The summed E-state index contributed by atoms with van der Waals surface area (Å²) in [6.45, 7) is 5.34. The summed E-state index contributed by atoms with van der Waals surface area (Å²) in [5.74, 6) is -1.25. The molecule has 0 radical (unpaired) electrons. The highest BCUT2D eigenvalue weighted by molar-refractivity contribution is 6.01. The highest BCUT2D eigenvalue weighted by Crippen LogP contribution is 2.10. The van der Waals surface area contributed by atoms with E-state index >= 15 is 0 Å². The van der Waals surface area contributed by atoms with Crippen LogP contribution in [0.5, 0.6) is 0 Å². The quantitative estimate of drug-likeness (QED) is 0.704. The summed E-state index contributed by atoms with van der Waals surface area (Å²) in [6.07, 6.45) is 0.797. The number of hydrogen-bond donors (Lipinski definition) is 1. The van der Waals surface area contributed by atoms with Crippen molar-refractivity contribution >= 4 is 11.9 Å². The molecular weight excluding hydrogens is 210 g/mol. The van der Waals surface area contributed by atoms with Crippen molar-refractivity contribution in [2.75, 3.05) is 26.3 Å². The van der Waals surface area contributed by atoms with Gasteiger partial charge in [-0.05, 0) is 20.3 Å². The fourth-order valence-electron chi connectivity index (χ4n) is 1.51. The van der Waals surface area contributed by atoms with E-state index in [-0.39, 0.29) is 11.5 Å². The molecule has 0 aliphatic carbocycles. The number of amides is 1. The molecule has 5 nitrogen and oxygen atoms in total. The summed E-state index contributed by atoms with van der Waals surface area (Å²) >= 11 is 0. The fourth-order valence-corrected chi connectivity index (χ4v) is 1.51. The maximum Gasteiger partial charge on any atom is 0.331 e. The van der Waals surface area contributed by atoms with Crippen LogP contribution < -0.4 is 0 Å². The van der Waals surface area contributed by atoms with Crippen molar-refractivity contribution in [2.45, 2.75) is 20.3 Å². The van der Waals surface area contributed by atoms with Gasteiger partial charge < -0.3 is 14.7 Å². The molecule has 1 aliphatic heterocycles. The van der Waals surface area contributed by atoms with E-state index < -0.39 is 5.97 Å². The predicted molar refractivity (Wildman–Crippen MR) is 58.0 cm³/mol. The van der Waals surface area contributed by atoms with Crippen molar-refractivity contribution in [1.29, 1.82) is 0 Å². The molecule has 90 valence electrons. The summed E-state index contributed by atoms with van der Waals surface area (Å²) < 4.78 is 5.24. The largest absolute Gasteiger partial charge is 0.478 e. The highest BCUT2D eigenvalue weighted by atomic mass is 16.5. The lowest BCUT2D eigenvalue weighted by Gasteiger charge is -2.20. The monoisotopic (exact) mass is 227 g/mol. The van der Waals surface area contributed by atoms with E-state index in [1.54, 1.807) is 11.8 Å². The van der Waals surface area contributed by atoms with E-state index in [9.17, 15) is 9.59 Å². The van der Waals surface area contributed by atoms with E-state index in [0.717, 1.165) is 6.42 Å². The second-order valence-corrected chi connectivity index (χ2v) is 3.81. The Bertz CT molecular complexity index is 314. The van der Waals surface area contributed by atoms with Crippen molar-refractivity contribution in [3.05, 3.63) is 11.1 Å². The van der Waals surface area contributed by atoms with Crippen molar-refractivity contribution in [1.82, 2.24) is 4.90 Å². The summed E-state index contributed by atoms with van der Waals surface area (Å²) in [5, 5.41) is 8.80. The smallest absolute Gasteiger partial charge is 0.331 e. The van der Waals surface area contributed by atoms with Crippen molar-refractivity contribution in [3.8, 4) is 0 Å². The molecule has 0 spiro atoms. The van der Waals surface area contributed by atoms with Crippen LogP contribution in [-0.4, -0.2) is 48.2 Å². The van der Waals surface area contributed by atoms with E-state index in [2.05, 4.69) is 0 Å². The lowest BCUT2D eigenvalue weighted by Crippen LogP contribution is -2.34. The van der Waals surface area contributed by atoms with Crippen LogP contribution >= 0.6 is 0 Å². The maximum atomic E-state index is 11.9. The third kappa shape index (κ3) is 3.06. The van der Waals surface area contributed by atoms with Gasteiger partial charge in [0, 0.05) is 30.8 Å². The summed E-state index contributed by atoms with van der Waals surface area (Å²) in [7, 11) is 0. The molecule has 5 heteroatoms. The molecule has 0 aromatic heterocycles. The summed E-state index contributed by atoms with van der Waals surface area (Å²) in [4.78, 5) is 24.3. The van der Waals surface area contributed by atoms with Crippen LogP contribution in [0.4, 0.5) is 0 Å². The van der Waals surface area contributed by atoms with Crippen LogP contribution in [0.25, 0.3) is 0 Å². The number of carboxylic acids is 1. The zero-order chi connectivity index (χ0) is 12.1. The lowest BCUT2D eigenvalue weighted by molar-refractivity contribution is -0.133. The fraction of sp³-hybridized carbons (Fsp3) is 0.636. The van der Waals surface area contributed by atoms with Gasteiger partial charge in [0.05, 0.1) is 6.61 Å².